The van der Waals surface area contributed by atoms with Crippen LogP contribution in [-0.4, -0.2) is 50.5 Å². The van der Waals surface area contributed by atoms with Gasteiger partial charge >= 0.3 is 6.09 Å². The highest BCUT2D eigenvalue weighted by Gasteiger charge is 2.29. The minimum absolute atomic E-state index is 0.0340. The average Bonchev–Trinajstić information content (AvgIpc) is 3.35. The standard InChI is InChI=1S/C19H21FN6O3/c1-12-14(9-13(20)10-22-12)15-3-2-6-25(15)17-4-7-26-18(24-17)16(11-23-26)29-19(28)21-5-8-27/h4,7,9-11,15,27H,2-3,5-6,8H2,1H3,(H,21,28)/t15-/m1/s1. The van der Waals surface area contributed by atoms with Gasteiger partial charge in [-0.3, -0.25) is 4.98 Å². The fraction of sp³-hybridized carbons (Fsp3) is 0.368. The molecule has 0 aliphatic carbocycles. The van der Waals surface area contributed by atoms with E-state index in [0.29, 0.717) is 11.5 Å². The van der Waals surface area contributed by atoms with Gasteiger partial charge in [-0.15, -0.1) is 0 Å². The maximum Gasteiger partial charge on any atom is 0.412 e. The normalized spacial score (nSPS) is 16.4. The minimum atomic E-state index is -0.693. The van der Waals surface area contributed by atoms with Crippen LogP contribution in [0.2, 0.25) is 0 Å². The lowest BCUT2D eigenvalue weighted by molar-refractivity contribution is 0.196. The summed E-state index contributed by atoms with van der Waals surface area (Å²) in [5.41, 5.74) is 2.03. The van der Waals surface area contributed by atoms with Crippen molar-refractivity contribution in [2.24, 2.45) is 0 Å². The van der Waals surface area contributed by atoms with Gasteiger partial charge in [-0.25, -0.2) is 18.7 Å². The highest BCUT2D eigenvalue weighted by atomic mass is 19.1. The van der Waals surface area contributed by atoms with Gasteiger partial charge in [0, 0.05) is 25.0 Å². The molecule has 1 aliphatic heterocycles. The van der Waals surface area contributed by atoms with Gasteiger partial charge in [0.25, 0.3) is 0 Å². The first kappa shape index (κ1) is 19.1. The number of amides is 1. The number of aliphatic hydroxyl groups is 1. The Balaban J connectivity index is 1.64. The van der Waals surface area contributed by atoms with Crippen LogP contribution in [0.3, 0.4) is 0 Å². The molecule has 3 aromatic heterocycles. The van der Waals surface area contributed by atoms with Crippen molar-refractivity contribution in [3.63, 3.8) is 0 Å². The van der Waals surface area contributed by atoms with Crippen LogP contribution in [0.15, 0.2) is 30.7 Å². The number of anilines is 1. The molecule has 0 bridgehead atoms. The lowest BCUT2D eigenvalue weighted by Gasteiger charge is -2.27. The molecule has 10 heteroatoms. The van der Waals surface area contributed by atoms with Crippen molar-refractivity contribution in [2.45, 2.75) is 25.8 Å². The topological polar surface area (TPSA) is 105 Å². The Kier molecular flexibility index (Phi) is 5.26. The van der Waals surface area contributed by atoms with E-state index in [1.807, 2.05) is 13.0 Å². The minimum Gasteiger partial charge on any atom is -0.405 e. The molecular formula is C19H21FN6O3. The summed E-state index contributed by atoms with van der Waals surface area (Å²) in [4.78, 5) is 22.7. The van der Waals surface area contributed by atoms with Crippen LogP contribution >= 0.6 is 0 Å². The second-order valence-electron chi connectivity index (χ2n) is 6.78. The Bertz CT molecular complexity index is 1040. The molecule has 0 aromatic carbocycles. The number of nitrogens with zero attached hydrogens (tertiary/aromatic N) is 5. The van der Waals surface area contributed by atoms with Gasteiger partial charge in [0.05, 0.1) is 25.0 Å². The number of rotatable bonds is 5. The van der Waals surface area contributed by atoms with Gasteiger partial charge in [-0.2, -0.15) is 5.10 Å². The fourth-order valence-corrected chi connectivity index (χ4v) is 3.59. The molecule has 2 N–H and O–H groups in total. The quantitative estimate of drug-likeness (QED) is 0.675. The molecule has 1 atom stereocenters. The maximum absolute atomic E-state index is 13.8. The lowest BCUT2D eigenvalue weighted by Crippen LogP contribution is -2.29. The van der Waals surface area contributed by atoms with Crippen molar-refractivity contribution in [1.82, 2.24) is 24.9 Å². The highest BCUT2D eigenvalue weighted by molar-refractivity contribution is 5.73. The summed E-state index contributed by atoms with van der Waals surface area (Å²) < 4.78 is 20.5. The summed E-state index contributed by atoms with van der Waals surface area (Å²) in [5.74, 6) is 0.535. The first-order chi connectivity index (χ1) is 14.1. The molecule has 1 amide bonds. The zero-order valence-electron chi connectivity index (χ0n) is 15.9. The van der Waals surface area contributed by atoms with Crippen LogP contribution in [0.5, 0.6) is 5.75 Å². The zero-order valence-corrected chi connectivity index (χ0v) is 15.9. The van der Waals surface area contributed by atoms with Crippen LogP contribution in [0.4, 0.5) is 15.0 Å². The fourth-order valence-electron chi connectivity index (χ4n) is 3.59. The Morgan fingerprint density at radius 1 is 1.45 bits per heavy atom. The molecule has 1 aliphatic rings. The number of ether oxygens (including phenoxy) is 1. The van der Waals surface area contributed by atoms with E-state index in [-0.39, 0.29) is 30.8 Å². The third-order valence-corrected chi connectivity index (χ3v) is 4.90. The number of aryl methyl sites for hydroxylation is 1. The number of carbonyl (C=O) groups is 1. The summed E-state index contributed by atoms with van der Waals surface area (Å²) in [6, 6.07) is 3.33. The van der Waals surface area contributed by atoms with E-state index < -0.39 is 6.09 Å². The SMILES string of the molecule is Cc1ncc(F)cc1[C@H]1CCCN1c1ccn2ncc(OC(=O)NCCO)c2n1. The molecule has 3 aromatic rings. The van der Waals surface area contributed by atoms with E-state index in [2.05, 4.69) is 25.3 Å². The van der Waals surface area contributed by atoms with Crippen LogP contribution in [0.25, 0.3) is 5.65 Å². The van der Waals surface area contributed by atoms with Crippen molar-refractivity contribution in [1.29, 1.82) is 0 Å². The van der Waals surface area contributed by atoms with Gasteiger partial charge in [-0.1, -0.05) is 0 Å². The van der Waals surface area contributed by atoms with E-state index in [4.69, 9.17) is 9.84 Å². The average molecular weight is 400 g/mol. The summed E-state index contributed by atoms with van der Waals surface area (Å²) in [5, 5.41) is 15.4. The van der Waals surface area contributed by atoms with Crippen LogP contribution < -0.4 is 15.0 Å². The Labute approximate surface area is 166 Å². The molecule has 1 saturated heterocycles. The van der Waals surface area contributed by atoms with Crippen LogP contribution in [-0.2, 0) is 0 Å². The maximum atomic E-state index is 13.8. The van der Waals surface area contributed by atoms with Crippen LogP contribution in [0, 0.1) is 12.7 Å². The molecule has 0 unspecified atom stereocenters. The van der Waals surface area contributed by atoms with Gasteiger partial charge in [0.2, 0.25) is 5.65 Å². The van der Waals surface area contributed by atoms with E-state index in [0.717, 1.165) is 30.6 Å². The summed E-state index contributed by atoms with van der Waals surface area (Å²) in [6.45, 7) is 2.55. The molecular weight excluding hydrogens is 379 g/mol. The Morgan fingerprint density at radius 3 is 3.14 bits per heavy atom. The molecule has 0 spiro atoms. The van der Waals surface area contributed by atoms with E-state index >= 15 is 0 Å². The molecule has 152 valence electrons. The first-order valence-corrected chi connectivity index (χ1v) is 9.36. The molecule has 4 rings (SSSR count). The van der Waals surface area contributed by atoms with Crippen molar-refractivity contribution in [3.05, 3.63) is 47.8 Å². The predicted octanol–water partition coefficient (Wildman–Crippen LogP) is 1.99. The predicted molar refractivity (Wildman–Crippen MR) is 102 cm³/mol. The highest BCUT2D eigenvalue weighted by Crippen LogP contribution is 2.37. The molecule has 1 fully saturated rings. The monoisotopic (exact) mass is 400 g/mol. The number of hydrogen-bond donors (Lipinski definition) is 2. The van der Waals surface area contributed by atoms with Crippen molar-refractivity contribution < 1.29 is 19.0 Å². The molecule has 0 radical (unpaired) electrons. The van der Waals surface area contributed by atoms with Gasteiger partial charge in [0.15, 0.2) is 5.75 Å². The van der Waals surface area contributed by atoms with Crippen molar-refractivity contribution >= 4 is 17.6 Å². The van der Waals surface area contributed by atoms with Crippen LogP contribution in [0.1, 0.15) is 30.1 Å². The summed E-state index contributed by atoms with van der Waals surface area (Å²) in [6.07, 6.45) is 5.49. The van der Waals surface area contributed by atoms with Gasteiger partial charge in [0.1, 0.15) is 11.6 Å². The number of carbonyl (C=O) groups excluding carboxylic acids is 1. The van der Waals surface area contributed by atoms with E-state index in [9.17, 15) is 9.18 Å². The number of aromatic nitrogens is 4. The second-order valence-corrected chi connectivity index (χ2v) is 6.78. The third kappa shape index (κ3) is 3.83. The number of fused-ring (bicyclic) bond motifs is 1. The third-order valence-electron chi connectivity index (χ3n) is 4.90. The molecule has 9 nitrogen and oxygen atoms in total. The van der Waals surface area contributed by atoms with Gasteiger partial charge in [-0.05, 0) is 37.5 Å². The van der Waals surface area contributed by atoms with E-state index in [1.54, 1.807) is 6.20 Å². The first-order valence-electron chi connectivity index (χ1n) is 9.36. The number of pyridine rings is 1. The molecule has 4 heterocycles. The molecule has 0 saturated carbocycles. The number of aliphatic hydroxyl groups excluding tert-OH is 1. The summed E-state index contributed by atoms with van der Waals surface area (Å²) >= 11 is 0. The van der Waals surface area contributed by atoms with Gasteiger partial charge < -0.3 is 20.1 Å². The van der Waals surface area contributed by atoms with Crippen molar-refractivity contribution in [2.75, 3.05) is 24.6 Å². The second kappa shape index (κ2) is 8.00. The largest absolute Gasteiger partial charge is 0.412 e. The zero-order chi connectivity index (χ0) is 20.4. The Hall–Kier alpha value is -3.27. The lowest BCUT2D eigenvalue weighted by atomic mass is 10.0. The summed E-state index contributed by atoms with van der Waals surface area (Å²) in [7, 11) is 0. The van der Waals surface area contributed by atoms with E-state index in [1.165, 1.54) is 23.0 Å². The smallest absolute Gasteiger partial charge is 0.405 e. The molecule has 29 heavy (non-hydrogen) atoms. The number of hydrogen-bond acceptors (Lipinski definition) is 7. The number of nitrogens with one attached hydrogen (secondary N) is 1. The Morgan fingerprint density at radius 2 is 2.31 bits per heavy atom. The number of halogens is 1. The van der Waals surface area contributed by atoms with Crippen molar-refractivity contribution in [3.8, 4) is 5.75 Å².